The van der Waals surface area contributed by atoms with Crippen molar-refractivity contribution in [1.82, 2.24) is 0 Å². The van der Waals surface area contributed by atoms with Crippen LogP contribution in [0, 0.1) is 0 Å². The summed E-state index contributed by atoms with van der Waals surface area (Å²) in [5.41, 5.74) is 0. The molecule has 59 heavy (non-hydrogen) atoms. The van der Waals surface area contributed by atoms with E-state index in [9.17, 15) is 175 Å². The first-order valence-corrected chi connectivity index (χ1v) is 14.2. The first kappa shape index (κ1) is 62.2. The van der Waals surface area contributed by atoms with Gasteiger partial charge in [-0.2, -0.15) is 149 Å². The van der Waals surface area contributed by atoms with Gasteiger partial charge in [0.15, 0.2) is 20.2 Å². The Hall–Kier alpha value is -1.08. The Morgan fingerprint density at radius 2 is 0.322 bits per heavy atom. The molecule has 0 unspecified atom stereocenters. The van der Waals surface area contributed by atoms with Crippen molar-refractivity contribution < 1.29 is 175 Å². The summed E-state index contributed by atoms with van der Waals surface area (Å²) >= 11 is 0. The molecule has 0 aliphatic rings. The smallest absolute Gasteiger partial charge is 0.743 e. The summed E-state index contributed by atoms with van der Waals surface area (Å²) in [5.74, 6) is -104. The molecular weight excluding hydrogens is 1090 g/mol. The quantitative estimate of drug-likeness (QED) is 0.0979. The molecule has 6 nitrogen and oxygen atoms in total. The third-order valence-electron chi connectivity index (χ3n) is 6.01. The maximum absolute atomic E-state index is 13.0. The minimum atomic E-state index is -8.92. The summed E-state index contributed by atoms with van der Waals surface area (Å²) in [6.07, 6.45) is -15.8. The summed E-state index contributed by atoms with van der Waals surface area (Å²) in [6.45, 7) is 0. The van der Waals surface area contributed by atoms with Gasteiger partial charge in [-0.15, -0.1) is 0 Å². The van der Waals surface area contributed by atoms with Gasteiger partial charge in [0.1, 0.15) is 0 Å². The van der Waals surface area contributed by atoms with Gasteiger partial charge in [-0.05, 0) is 0 Å². The summed E-state index contributed by atoms with van der Waals surface area (Å²) in [6, 6.07) is 0. The second kappa shape index (κ2) is 15.6. The van der Waals surface area contributed by atoms with Crippen molar-refractivity contribution in [2.24, 2.45) is 0 Å². The van der Waals surface area contributed by atoms with E-state index in [4.69, 9.17) is 0 Å². The number of rotatable bonds is 14. The molecule has 0 fully saturated rings. The molecule has 43 heteroatoms. The maximum atomic E-state index is 13.0. The monoisotopic (exact) mass is 1090 g/mol. The Balaban J connectivity index is -0.00000105. The fraction of sp³-hybridized carbons (Fsp3) is 1.00. The van der Waals surface area contributed by atoms with E-state index < -0.39 is 114 Å². The van der Waals surface area contributed by atoms with E-state index >= 15 is 0 Å². The van der Waals surface area contributed by atoms with Gasteiger partial charge < -0.3 is 9.11 Å². The summed E-state index contributed by atoms with van der Waals surface area (Å²) < 4.78 is 488. The van der Waals surface area contributed by atoms with Crippen molar-refractivity contribution in [3.8, 4) is 0 Å². The molecular formula is C16F34O6S2Sr. The molecule has 0 heterocycles. The fourth-order valence-corrected chi connectivity index (χ4v) is 3.50. The van der Waals surface area contributed by atoms with Crippen LogP contribution in [0.1, 0.15) is 0 Å². The predicted molar refractivity (Wildman–Crippen MR) is 107 cm³/mol. The number of hydrogen-bond acceptors (Lipinski definition) is 6. The van der Waals surface area contributed by atoms with Crippen LogP contribution >= 0.6 is 0 Å². The maximum Gasteiger partial charge on any atom is 2.00 e. The zero-order chi connectivity index (χ0) is 49.0. The van der Waals surface area contributed by atoms with Crippen LogP contribution < -0.4 is 0 Å². The van der Waals surface area contributed by atoms with E-state index in [-0.39, 0.29) is 45.5 Å². The van der Waals surface area contributed by atoms with E-state index in [0.29, 0.717) is 0 Å². The molecule has 0 atom stereocenters. The molecule has 0 radical (unpaired) electrons. The Labute approximate surface area is 333 Å². The zero-order valence-electron chi connectivity index (χ0n) is 24.8. The third kappa shape index (κ3) is 8.41. The Morgan fingerprint density at radius 1 is 0.220 bits per heavy atom. The fourth-order valence-electron chi connectivity index (χ4n) is 2.61. The molecule has 0 saturated carbocycles. The molecule has 0 saturated heterocycles. The van der Waals surface area contributed by atoms with Gasteiger partial charge in [-0.25, -0.2) is 16.8 Å². The van der Waals surface area contributed by atoms with E-state index in [2.05, 4.69) is 0 Å². The SMILES string of the molecule is O=S(=O)([O-])C(F)(F)C(F)(F)C(F)(F)C(F)(F)C(F)(F)C(F)(F)C(F)(F)C(F)(F)F.O=S(=O)([O-])C(F)(F)C(F)(F)C(F)(F)C(F)(F)C(F)(F)C(F)(F)C(F)(F)C(F)(F)F.[Sr+2]. The van der Waals surface area contributed by atoms with E-state index in [0.717, 1.165) is 0 Å². The normalized spacial score (nSPS) is 16.6. The molecule has 0 aromatic heterocycles. The molecule has 0 N–H and O–H groups in total. The Morgan fingerprint density at radius 3 is 0.424 bits per heavy atom. The van der Waals surface area contributed by atoms with E-state index in [1.54, 1.807) is 0 Å². The van der Waals surface area contributed by atoms with Crippen molar-refractivity contribution in [3.05, 3.63) is 0 Å². The summed E-state index contributed by atoms with van der Waals surface area (Å²) in [4.78, 5) is 0. The number of hydrogen-bond donors (Lipinski definition) is 0. The van der Waals surface area contributed by atoms with Crippen LogP contribution in [0.25, 0.3) is 0 Å². The van der Waals surface area contributed by atoms with Gasteiger partial charge >= 0.3 is 139 Å². The average molecular weight is 1090 g/mol. The molecule has 352 valence electrons. The van der Waals surface area contributed by atoms with Crippen molar-refractivity contribution in [2.75, 3.05) is 0 Å². The molecule has 0 aliphatic heterocycles. The van der Waals surface area contributed by atoms with Crippen molar-refractivity contribution in [1.29, 1.82) is 0 Å². The van der Waals surface area contributed by atoms with Crippen LogP contribution in [-0.2, 0) is 20.2 Å². The summed E-state index contributed by atoms with van der Waals surface area (Å²) in [5, 5.41) is -15.9. The second-order valence-electron chi connectivity index (χ2n) is 9.83. The van der Waals surface area contributed by atoms with Crippen LogP contribution in [0.2, 0.25) is 0 Å². The second-order valence-corrected chi connectivity index (χ2v) is 12.7. The van der Waals surface area contributed by atoms with Gasteiger partial charge in [0.05, 0.1) is 0 Å². The standard InChI is InChI=1S/2C8HF17O3S.Sr/c2*9-1(10,3(13,14)5(17,18)7(21,22)23)2(11,12)4(15,16)6(19,20)8(24,25)29(26,27)28;/h2*(H,26,27,28);/q;;+2/p-2. The molecule has 0 bridgehead atoms. The van der Waals surface area contributed by atoms with Gasteiger partial charge in [0, 0.05) is 0 Å². The molecule has 0 aliphatic carbocycles. The molecule has 0 spiro atoms. The Kier molecular flexibility index (Phi) is 16.4. The van der Waals surface area contributed by atoms with Crippen molar-refractivity contribution in [2.45, 2.75) is 93.9 Å². The largest absolute Gasteiger partial charge is 2.00 e. The summed E-state index contributed by atoms with van der Waals surface area (Å²) in [7, 11) is -16.3. The first-order chi connectivity index (χ1) is 24.0. The first-order valence-electron chi connectivity index (χ1n) is 11.3. The van der Waals surface area contributed by atoms with Crippen molar-refractivity contribution >= 4 is 65.7 Å². The van der Waals surface area contributed by atoms with Crippen molar-refractivity contribution in [3.63, 3.8) is 0 Å². The van der Waals surface area contributed by atoms with Crippen LogP contribution in [-0.4, -0.2) is 165 Å². The van der Waals surface area contributed by atoms with Crippen LogP contribution in [0.4, 0.5) is 149 Å². The number of halogens is 34. The molecule has 0 aromatic rings. The van der Waals surface area contributed by atoms with Gasteiger partial charge in [0.25, 0.3) is 0 Å². The minimum absolute atomic E-state index is 0. The Bertz CT molecular complexity index is 1600. The van der Waals surface area contributed by atoms with Gasteiger partial charge in [-0.1, -0.05) is 0 Å². The van der Waals surface area contributed by atoms with Crippen LogP contribution in [0.5, 0.6) is 0 Å². The van der Waals surface area contributed by atoms with E-state index in [1.165, 1.54) is 0 Å². The minimum Gasteiger partial charge on any atom is -0.743 e. The van der Waals surface area contributed by atoms with E-state index in [1.807, 2.05) is 0 Å². The topological polar surface area (TPSA) is 114 Å². The molecule has 0 rings (SSSR count). The third-order valence-corrected chi connectivity index (χ3v) is 7.78. The number of alkyl halides is 34. The zero-order valence-corrected chi connectivity index (χ0v) is 29.9. The predicted octanol–water partition coefficient (Wildman–Crippen LogP) is 8.62. The molecule has 0 amide bonds. The van der Waals surface area contributed by atoms with Gasteiger partial charge in [-0.3, -0.25) is 0 Å². The van der Waals surface area contributed by atoms with Crippen LogP contribution in [0.3, 0.4) is 0 Å². The van der Waals surface area contributed by atoms with Gasteiger partial charge in [0.2, 0.25) is 0 Å². The van der Waals surface area contributed by atoms with Crippen LogP contribution in [0.15, 0.2) is 0 Å². The molecule has 0 aromatic carbocycles. The average Bonchev–Trinajstić information content (AvgIpc) is 2.93.